The smallest absolute Gasteiger partial charge is 0.133 e. The fourth-order valence-electron chi connectivity index (χ4n) is 3.69. The van der Waals surface area contributed by atoms with E-state index in [1.54, 1.807) is 17.1 Å². The zero-order chi connectivity index (χ0) is 18.8. The molecule has 0 spiro atoms. The van der Waals surface area contributed by atoms with Gasteiger partial charge in [0, 0.05) is 42.1 Å². The first kappa shape index (κ1) is 17.7. The van der Waals surface area contributed by atoms with Crippen molar-refractivity contribution >= 4 is 16.7 Å². The van der Waals surface area contributed by atoms with Crippen LogP contribution in [0, 0.1) is 5.92 Å². The predicted molar refractivity (Wildman–Crippen MR) is 102 cm³/mol. The van der Waals surface area contributed by atoms with Crippen LogP contribution in [0.5, 0.6) is 5.75 Å². The molecule has 1 saturated carbocycles. The Morgan fingerprint density at radius 1 is 1.37 bits per heavy atom. The summed E-state index contributed by atoms with van der Waals surface area (Å²) in [4.78, 5) is 16.1. The van der Waals surface area contributed by atoms with Crippen LogP contribution >= 0.6 is 0 Å². The molecule has 0 saturated heterocycles. The van der Waals surface area contributed by atoms with Crippen LogP contribution in [0.4, 0.5) is 0 Å². The van der Waals surface area contributed by atoms with Gasteiger partial charge in [-0.1, -0.05) is 0 Å². The fourth-order valence-corrected chi connectivity index (χ4v) is 3.69. The number of hydrogen-bond donors (Lipinski definition) is 1. The van der Waals surface area contributed by atoms with Crippen molar-refractivity contribution in [1.29, 1.82) is 0 Å². The van der Waals surface area contributed by atoms with Crippen molar-refractivity contribution in [3.63, 3.8) is 0 Å². The molecule has 1 aliphatic rings. The van der Waals surface area contributed by atoms with Crippen molar-refractivity contribution < 1.29 is 14.6 Å². The summed E-state index contributed by atoms with van der Waals surface area (Å²) in [6.45, 7) is 2.55. The third-order valence-electron chi connectivity index (χ3n) is 5.24. The summed E-state index contributed by atoms with van der Waals surface area (Å²) in [6.07, 6.45) is 7.57. The first-order chi connectivity index (χ1) is 13.1. The molecule has 2 heterocycles. The predicted octanol–water partition coefficient (Wildman–Crippen LogP) is 3.23. The normalized spacial score (nSPS) is 18.1. The minimum Gasteiger partial charge on any atom is -0.490 e. The second-order valence-electron chi connectivity index (χ2n) is 7.12. The zero-order valence-electron chi connectivity index (χ0n) is 15.3. The molecule has 4 rings (SSSR count). The molecule has 0 unspecified atom stereocenters. The highest BCUT2D eigenvalue weighted by Crippen LogP contribution is 2.34. The average Bonchev–Trinajstić information content (AvgIpc) is 3.31. The number of carbonyl (C=O) groups is 1. The summed E-state index contributed by atoms with van der Waals surface area (Å²) in [5.41, 5.74) is 2.77. The van der Waals surface area contributed by atoms with Gasteiger partial charge in [0.05, 0.1) is 31.0 Å². The van der Waals surface area contributed by atoms with Crippen molar-refractivity contribution in [2.75, 3.05) is 6.61 Å². The maximum absolute atomic E-state index is 11.6. The lowest BCUT2D eigenvalue weighted by molar-refractivity contribution is -0.117. The van der Waals surface area contributed by atoms with E-state index in [1.165, 1.54) is 0 Å². The van der Waals surface area contributed by atoms with Crippen LogP contribution in [-0.2, 0) is 11.3 Å². The number of ketones is 1. The third kappa shape index (κ3) is 3.71. The molecule has 0 amide bonds. The molecule has 0 aliphatic heterocycles. The van der Waals surface area contributed by atoms with Gasteiger partial charge >= 0.3 is 0 Å². The van der Waals surface area contributed by atoms with E-state index in [1.807, 2.05) is 37.4 Å². The lowest BCUT2D eigenvalue weighted by atomic mass is 10.0. The van der Waals surface area contributed by atoms with Crippen molar-refractivity contribution in [2.24, 2.45) is 5.92 Å². The molecule has 1 fully saturated rings. The highest BCUT2D eigenvalue weighted by Gasteiger charge is 2.28. The fraction of sp³-hybridized carbons (Fsp3) is 0.381. The Morgan fingerprint density at radius 2 is 2.26 bits per heavy atom. The molecule has 140 valence electrons. The Morgan fingerprint density at radius 3 is 3.04 bits per heavy atom. The molecular formula is C21H23N3O3. The van der Waals surface area contributed by atoms with Crippen molar-refractivity contribution in [3.05, 3.63) is 42.9 Å². The summed E-state index contributed by atoms with van der Waals surface area (Å²) in [7, 11) is 0. The quantitative estimate of drug-likeness (QED) is 0.726. The van der Waals surface area contributed by atoms with Crippen molar-refractivity contribution in [2.45, 2.75) is 38.8 Å². The van der Waals surface area contributed by atoms with E-state index in [9.17, 15) is 4.79 Å². The van der Waals surface area contributed by atoms with Crippen LogP contribution in [0.25, 0.3) is 22.0 Å². The highest BCUT2D eigenvalue weighted by molar-refractivity contribution is 5.90. The molecule has 6 heteroatoms. The lowest BCUT2D eigenvalue weighted by Gasteiger charge is -2.21. The van der Waals surface area contributed by atoms with Crippen LogP contribution < -0.4 is 4.74 Å². The van der Waals surface area contributed by atoms with Crippen molar-refractivity contribution in [1.82, 2.24) is 14.8 Å². The number of nitrogens with zero attached hydrogens (tertiary/aromatic N) is 3. The van der Waals surface area contributed by atoms with Gasteiger partial charge in [-0.25, -0.2) is 0 Å². The molecule has 3 aromatic rings. The second-order valence-corrected chi connectivity index (χ2v) is 7.12. The van der Waals surface area contributed by atoms with E-state index in [-0.39, 0.29) is 18.6 Å². The number of ether oxygens (including phenoxy) is 1. The molecule has 2 aromatic heterocycles. The van der Waals surface area contributed by atoms with Gasteiger partial charge in [0.2, 0.25) is 0 Å². The van der Waals surface area contributed by atoms with Gasteiger partial charge in [0.1, 0.15) is 11.5 Å². The molecule has 0 bridgehead atoms. The Balaban J connectivity index is 1.68. The van der Waals surface area contributed by atoms with Gasteiger partial charge < -0.3 is 9.84 Å². The largest absolute Gasteiger partial charge is 0.490 e. The lowest BCUT2D eigenvalue weighted by Crippen LogP contribution is -2.22. The summed E-state index contributed by atoms with van der Waals surface area (Å²) < 4.78 is 8.03. The maximum atomic E-state index is 11.6. The molecule has 0 radical (unpaired) electrons. The van der Waals surface area contributed by atoms with E-state index in [2.05, 4.69) is 10.1 Å². The Labute approximate surface area is 157 Å². The Kier molecular flexibility index (Phi) is 4.90. The Hall–Kier alpha value is -2.73. The molecule has 1 aliphatic carbocycles. The second kappa shape index (κ2) is 7.48. The monoisotopic (exact) mass is 365 g/mol. The van der Waals surface area contributed by atoms with E-state index < -0.39 is 0 Å². The van der Waals surface area contributed by atoms with Crippen LogP contribution in [-0.4, -0.2) is 38.4 Å². The van der Waals surface area contributed by atoms with Crippen LogP contribution in [0.2, 0.25) is 0 Å². The maximum Gasteiger partial charge on any atom is 0.133 e. The SMILES string of the molecule is C[C@@H](Oc1cc(-c2cnn(CCO)c2)cc2ncccc12)[C@H]1CCC(=O)C1. The Bertz CT molecular complexity index is 966. The first-order valence-electron chi connectivity index (χ1n) is 9.35. The molecule has 6 nitrogen and oxygen atoms in total. The van der Waals surface area contributed by atoms with Crippen molar-refractivity contribution in [3.8, 4) is 16.9 Å². The summed E-state index contributed by atoms with van der Waals surface area (Å²) >= 11 is 0. The number of aliphatic hydroxyl groups is 1. The van der Waals surface area contributed by atoms with Crippen LogP contribution in [0.15, 0.2) is 42.9 Å². The molecular weight excluding hydrogens is 342 g/mol. The van der Waals surface area contributed by atoms with Gasteiger partial charge in [0.25, 0.3) is 0 Å². The van der Waals surface area contributed by atoms with Gasteiger partial charge in [-0.2, -0.15) is 5.10 Å². The topological polar surface area (TPSA) is 77.2 Å². The number of Topliss-reactive ketones (excluding diaryl/α,β-unsaturated/α-hetero) is 1. The molecule has 1 aromatic carbocycles. The van der Waals surface area contributed by atoms with E-state index in [4.69, 9.17) is 9.84 Å². The van der Waals surface area contributed by atoms with E-state index >= 15 is 0 Å². The van der Waals surface area contributed by atoms with Gasteiger partial charge in [-0.05, 0) is 43.2 Å². The number of fused-ring (bicyclic) bond motifs is 1. The number of rotatable bonds is 6. The summed E-state index contributed by atoms with van der Waals surface area (Å²) in [5, 5.41) is 14.3. The van der Waals surface area contributed by atoms with Gasteiger partial charge in [-0.3, -0.25) is 14.5 Å². The van der Waals surface area contributed by atoms with Gasteiger partial charge in [0.15, 0.2) is 0 Å². The van der Waals surface area contributed by atoms with Crippen LogP contribution in [0.1, 0.15) is 26.2 Å². The van der Waals surface area contributed by atoms with Crippen LogP contribution in [0.3, 0.4) is 0 Å². The minimum atomic E-state index is -0.0350. The standard InChI is InChI=1S/C21H23N3O3/c1-14(15-4-5-18(26)9-15)27-21-11-16(10-20-19(21)3-2-6-22-20)17-12-23-24(13-17)7-8-25/h2-3,6,10-15,25H,4-5,7-9H2,1H3/t14-,15+/m1/s1. The number of aliphatic hydroxyl groups excluding tert-OH is 1. The number of pyridine rings is 1. The summed E-state index contributed by atoms with van der Waals surface area (Å²) in [6, 6.07) is 7.94. The highest BCUT2D eigenvalue weighted by atomic mass is 16.5. The van der Waals surface area contributed by atoms with Gasteiger partial charge in [-0.15, -0.1) is 0 Å². The first-order valence-corrected chi connectivity index (χ1v) is 9.35. The summed E-state index contributed by atoms with van der Waals surface area (Å²) in [5.74, 6) is 1.37. The minimum absolute atomic E-state index is 0.0350. The van der Waals surface area contributed by atoms with E-state index in [0.29, 0.717) is 25.2 Å². The molecule has 27 heavy (non-hydrogen) atoms. The zero-order valence-corrected chi connectivity index (χ0v) is 15.3. The average molecular weight is 365 g/mol. The number of hydrogen-bond acceptors (Lipinski definition) is 5. The van der Waals surface area contributed by atoms with E-state index in [0.717, 1.165) is 34.2 Å². The third-order valence-corrected chi connectivity index (χ3v) is 5.24. The molecule has 1 N–H and O–H groups in total. The number of benzene rings is 1. The number of carbonyl (C=O) groups excluding carboxylic acids is 1. The molecule has 2 atom stereocenters. The number of aromatic nitrogens is 3.